The van der Waals surface area contributed by atoms with Crippen molar-refractivity contribution in [2.75, 3.05) is 0 Å². The van der Waals surface area contributed by atoms with E-state index in [9.17, 15) is 0 Å². The fraction of sp³-hybridized carbons (Fsp3) is 0.929. The van der Waals surface area contributed by atoms with Crippen molar-refractivity contribution in [1.82, 2.24) is 5.32 Å². The molecule has 0 aliphatic heterocycles. The van der Waals surface area contributed by atoms with Crippen LogP contribution < -0.4 is 5.32 Å². The highest BCUT2D eigenvalue weighted by molar-refractivity contribution is 4.96. The molecule has 2 saturated carbocycles. The minimum absolute atomic E-state index is 0.271. The summed E-state index contributed by atoms with van der Waals surface area (Å²) < 4.78 is 0. The fourth-order valence-electron chi connectivity index (χ4n) is 3.21. The van der Waals surface area contributed by atoms with Gasteiger partial charge >= 0.3 is 0 Å². The molecule has 0 bridgehead atoms. The average Bonchev–Trinajstić information content (AvgIpc) is 2.33. The summed E-state index contributed by atoms with van der Waals surface area (Å²) in [5.41, 5.74) is 0. The minimum atomic E-state index is 0.271. The third-order valence-electron chi connectivity index (χ3n) is 4.40. The topological polar surface area (TPSA) is 35.8 Å². The van der Waals surface area contributed by atoms with Gasteiger partial charge < -0.3 is 5.32 Å². The molecule has 0 heterocycles. The predicted molar refractivity (Wildman–Crippen MR) is 65.9 cm³/mol. The summed E-state index contributed by atoms with van der Waals surface area (Å²) >= 11 is 0. The highest BCUT2D eigenvalue weighted by Gasteiger charge is 2.28. The molecule has 1 N–H and O–H groups in total. The van der Waals surface area contributed by atoms with Crippen LogP contribution in [0.3, 0.4) is 0 Å². The Balaban J connectivity index is 1.81. The summed E-state index contributed by atoms with van der Waals surface area (Å²) in [6.45, 7) is 2.36. The van der Waals surface area contributed by atoms with E-state index in [1.807, 2.05) is 0 Å². The molecule has 2 fully saturated rings. The van der Waals surface area contributed by atoms with Crippen molar-refractivity contribution in [2.24, 2.45) is 11.8 Å². The quantitative estimate of drug-likeness (QED) is 0.775. The van der Waals surface area contributed by atoms with Gasteiger partial charge in [-0.2, -0.15) is 5.26 Å². The molecule has 0 saturated heterocycles. The largest absolute Gasteiger partial charge is 0.310 e. The Morgan fingerprint density at radius 1 is 1.00 bits per heavy atom. The van der Waals surface area contributed by atoms with Crippen LogP contribution in [0.4, 0.5) is 0 Å². The summed E-state index contributed by atoms with van der Waals surface area (Å²) in [5.74, 6) is 1.18. The van der Waals surface area contributed by atoms with Gasteiger partial charge in [-0.25, -0.2) is 0 Å². The lowest BCUT2D eigenvalue weighted by atomic mass is 9.82. The summed E-state index contributed by atoms with van der Waals surface area (Å²) in [6.07, 6.45) is 10.2. The Labute approximate surface area is 99.4 Å². The molecule has 90 valence electrons. The number of nitrogens with one attached hydrogen (secondary N) is 1. The van der Waals surface area contributed by atoms with E-state index >= 15 is 0 Å². The van der Waals surface area contributed by atoms with Gasteiger partial charge in [-0.15, -0.1) is 0 Å². The van der Waals surface area contributed by atoms with Crippen LogP contribution in [-0.2, 0) is 0 Å². The number of rotatable bonds is 2. The van der Waals surface area contributed by atoms with E-state index in [0.29, 0.717) is 12.1 Å². The molecular weight excluding hydrogens is 196 g/mol. The summed E-state index contributed by atoms with van der Waals surface area (Å²) in [5, 5.41) is 12.9. The summed E-state index contributed by atoms with van der Waals surface area (Å²) in [6, 6.07) is 3.66. The number of hydrogen-bond donors (Lipinski definition) is 1. The zero-order chi connectivity index (χ0) is 11.4. The van der Waals surface area contributed by atoms with Crippen LogP contribution in [0.5, 0.6) is 0 Å². The molecule has 0 amide bonds. The molecule has 0 radical (unpaired) electrons. The molecule has 0 aromatic carbocycles. The molecule has 0 aromatic rings. The Hall–Kier alpha value is -0.550. The van der Waals surface area contributed by atoms with Gasteiger partial charge in [0.15, 0.2) is 0 Å². The molecule has 2 rings (SSSR count). The van der Waals surface area contributed by atoms with Crippen molar-refractivity contribution in [3.05, 3.63) is 0 Å². The van der Waals surface area contributed by atoms with Gasteiger partial charge in [-0.3, -0.25) is 0 Å². The van der Waals surface area contributed by atoms with Crippen LogP contribution in [0, 0.1) is 23.2 Å². The van der Waals surface area contributed by atoms with Crippen LogP contribution in [-0.4, -0.2) is 12.1 Å². The zero-order valence-electron chi connectivity index (χ0n) is 10.4. The van der Waals surface area contributed by atoms with E-state index in [1.165, 1.54) is 44.9 Å². The lowest BCUT2D eigenvalue weighted by Gasteiger charge is -2.34. The van der Waals surface area contributed by atoms with Crippen LogP contribution >= 0.6 is 0 Å². The normalized spacial score (nSPS) is 40.2. The van der Waals surface area contributed by atoms with Gasteiger partial charge in [-0.05, 0) is 44.4 Å². The molecule has 2 nitrogen and oxygen atoms in total. The van der Waals surface area contributed by atoms with Crippen LogP contribution in [0.1, 0.15) is 58.3 Å². The van der Waals surface area contributed by atoms with Gasteiger partial charge in [0.25, 0.3) is 0 Å². The highest BCUT2D eigenvalue weighted by atomic mass is 15.0. The minimum Gasteiger partial charge on any atom is -0.310 e. The Bertz CT molecular complexity index is 248. The third kappa shape index (κ3) is 2.98. The van der Waals surface area contributed by atoms with Crippen molar-refractivity contribution in [3.63, 3.8) is 0 Å². The molecule has 0 aromatic heterocycles. The van der Waals surface area contributed by atoms with Gasteiger partial charge in [0.2, 0.25) is 0 Å². The monoisotopic (exact) mass is 220 g/mol. The van der Waals surface area contributed by atoms with Crippen LogP contribution in [0.25, 0.3) is 0 Å². The van der Waals surface area contributed by atoms with Gasteiger partial charge in [0.1, 0.15) is 0 Å². The van der Waals surface area contributed by atoms with E-state index in [1.54, 1.807) is 0 Å². The first kappa shape index (κ1) is 11.9. The molecule has 16 heavy (non-hydrogen) atoms. The number of nitriles is 1. The molecule has 2 aliphatic carbocycles. The van der Waals surface area contributed by atoms with Crippen LogP contribution in [0.2, 0.25) is 0 Å². The van der Waals surface area contributed by atoms with Crippen molar-refractivity contribution < 1.29 is 0 Å². The van der Waals surface area contributed by atoms with E-state index in [-0.39, 0.29) is 5.92 Å². The lowest BCUT2D eigenvalue weighted by molar-refractivity contribution is 0.236. The molecule has 2 aliphatic rings. The molecule has 0 spiro atoms. The first-order chi connectivity index (χ1) is 7.79. The second kappa shape index (κ2) is 5.68. The van der Waals surface area contributed by atoms with Crippen molar-refractivity contribution >= 4 is 0 Å². The second-order valence-electron chi connectivity index (χ2n) is 5.75. The third-order valence-corrected chi connectivity index (χ3v) is 4.40. The van der Waals surface area contributed by atoms with Crippen molar-refractivity contribution in [3.8, 4) is 6.07 Å². The Morgan fingerprint density at radius 2 is 1.69 bits per heavy atom. The summed E-state index contributed by atoms with van der Waals surface area (Å²) in [4.78, 5) is 0. The standard InChI is InChI=1S/C14H24N2/c1-11-6-8-13(9-7-11)16-14-5-3-2-4-12(14)10-15/h11-14,16H,2-9H2,1H3. The smallest absolute Gasteiger partial charge is 0.0672 e. The summed E-state index contributed by atoms with van der Waals surface area (Å²) in [7, 11) is 0. The first-order valence-electron chi connectivity index (χ1n) is 6.95. The van der Waals surface area contributed by atoms with Gasteiger partial charge in [0.05, 0.1) is 12.0 Å². The number of nitrogens with zero attached hydrogens (tertiary/aromatic N) is 1. The number of hydrogen-bond acceptors (Lipinski definition) is 2. The average molecular weight is 220 g/mol. The second-order valence-corrected chi connectivity index (χ2v) is 5.75. The molecule has 2 unspecified atom stereocenters. The molecular formula is C14H24N2. The lowest BCUT2D eigenvalue weighted by Crippen LogP contribution is -2.45. The zero-order valence-corrected chi connectivity index (χ0v) is 10.4. The van der Waals surface area contributed by atoms with Crippen LogP contribution in [0.15, 0.2) is 0 Å². The van der Waals surface area contributed by atoms with Gasteiger partial charge in [-0.1, -0.05) is 19.8 Å². The maximum Gasteiger partial charge on any atom is 0.0672 e. The SMILES string of the molecule is CC1CCC(NC2CCCCC2C#N)CC1. The Morgan fingerprint density at radius 3 is 2.38 bits per heavy atom. The Kier molecular flexibility index (Phi) is 4.23. The fourth-order valence-corrected chi connectivity index (χ4v) is 3.21. The van der Waals surface area contributed by atoms with Crippen molar-refractivity contribution in [2.45, 2.75) is 70.4 Å². The highest BCUT2D eigenvalue weighted by Crippen LogP contribution is 2.28. The maximum absolute atomic E-state index is 9.14. The van der Waals surface area contributed by atoms with E-state index in [2.05, 4.69) is 18.3 Å². The van der Waals surface area contributed by atoms with Crippen molar-refractivity contribution in [1.29, 1.82) is 5.26 Å². The maximum atomic E-state index is 9.14. The molecule has 2 heteroatoms. The van der Waals surface area contributed by atoms with E-state index < -0.39 is 0 Å². The molecule has 2 atom stereocenters. The van der Waals surface area contributed by atoms with E-state index in [4.69, 9.17) is 5.26 Å². The van der Waals surface area contributed by atoms with E-state index in [0.717, 1.165) is 12.3 Å². The first-order valence-corrected chi connectivity index (χ1v) is 6.95. The predicted octanol–water partition coefficient (Wildman–Crippen LogP) is 3.24. The van der Waals surface area contributed by atoms with Gasteiger partial charge in [0, 0.05) is 12.1 Å².